The largest absolute Gasteiger partial charge is 0.462 e. The van der Waals surface area contributed by atoms with Crippen LogP contribution in [0.1, 0.15) is 33.3 Å². The fourth-order valence-corrected chi connectivity index (χ4v) is 2.47. The van der Waals surface area contributed by atoms with Gasteiger partial charge >= 0.3 is 5.97 Å². The number of amides is 1. The second kappa shape index (κ2) is 7.60. The van der Waals surface area contributed by atoms with Crippen molar-refractivity contribution < 1.29 is 14.3 Å². The van der Waals surface area contributed by atoms with Crippen LogP contribution in [0.5, 0.6) is 0 Å². The summed E-state index contributed by atoms with van der Waals surface area (Å²) < 4.78 is 6.70. The lowest BCUT2D eigenvalue weighted by molar-refractivity contribution is 0.0527. The number of carbonyl (C=O) groups excluding carboxylic acids is 2. The lowest BCUT2D eigenvalue weighted by atomic mass is 10.1. The van der Waals surface area contributed by atoms with Gasteiger partial charge in [-0.2, -0.15) is 0 Å². The van der Waals surface area contributed by atoms with Crippen molar-refractivity contribution in [2.45, 2.75) is 13.8 Å². The van der Waals surface area contributed by atoms with Gasteiger partial charge in [0.05, 0.1) is 35.4 Å². The molecule has 7 heteroatoms. The fourth-order valence-electron chi connectivity index (χ4n) is 2.47. The van der Waals surface area contributed by atoms with Gasteiger partial charge in [-0.25, -0.2) is 9.48 Å². The van der Waals surface area contributed by atoms with Crippen molar-refractivity contribution in [1.82, 2.24) is 15.0 Å². The molecule has 0 unspecified atom stereocenters. The van der Waals surface area contributed by atoms with E-state index in [2.05, 4.69) is 15.6 Å². The molecule has 0 spiro atoms. The zero-order valence-corrected chi connectivity index (χ0v) is 14.5. The molecule has 0 radical (unpaired) electrons. The smallest absolute Gasteiger partial charge is 0.340 e. The monoisotopic (exact) mass is 350 g/mol. The summed E-state index contributed by atoms with van der Waals surface area (Å²) in [7, 11) is 0. The first kappa shape index (κ1) is 17.3. The third-order valence-corrected chi connectivity index (χ3v) is 3.76. The zero-order chi connectivity index (χ0) is 18.5. The number of ether oxygens (including phenoxy) is 1. The minimum atomic E-state index is -0.472. The van der Waals surface area contributed by atoms with Crippen LogP contribution in [0.15, 0.2) is 54.7 Å². The molecular formula is C19H18N4O3. The number of carbonyl (C=O) groups is 2. The number of aryl methyl sites for hydroxylation is 1. The number of benzene rings is 2. The van der Waals surface area contributed by atoms with Gasteiger partial charge in [0, 0.05) is 5.56 Å². The van der Waals surface area contributed by atoms with E-state index in [0.29, 0.717) is 16.8 Å². The number of esters is 1. The normalized spacial score (nSPS) is 10.4. The van der Waals surface area contributed by atoms with E-state index in [1.165, 1.54) is 0 Å². The average Bonchev–Trinajstić information content (AvgIpc) is 3.08. The molecule has 2 aromatic carbocycles. The van der Waals surface area contributed by atoms with Gasteiger partial charge in [-0.05, 0) is 50.2 Å². The summed E-state index contributed by atoms with van der Waals surface area (Å²) in [5, 5.41) is 10.6. The van der Waals surface area contributed by atoms with Gasteiger partial charge in [0.2, 0.25) is 0 Å². The van der Waals surface area contributed by atoms with Gasteiger partial charge in [-0.1, -0.05) is 17.3 Å². The molecule has 1 aromatic heterocycles. The molecule has 26 heavy (non-hydrogen) atoms. The van der Waals surface area contributed by atoms with Crippen LogP contribution < -0.4 is 5.32 Å². The Hall–Kier alpha value is -3.48. The van der Waals surface area contributed by atoms with Crippen LogP contribution in [0, 0.1) is 6.92 Å². The summed E-state index contributed by atoms with van der Waals surface area (Å²) in [4.78, 5) is 24.5. The first-order chi connectivity index (χ1) is 12.6. The van der Waals surface area contributed by atoms with Crippen LogP contribution in [0.2, 0.25) is 0 Å². The van der Waals surface area contributed by atoms with E-state index < -0.39 is 5.97 Å². The Balaban J connectivity index is 1.79. The minimum Gasteiger partial charge on any atom is -0.462 e. The summed E-state index contributed by atoms with van der Waals surface area (Å²) >= 11 is 0. The van der Waals surface area contributed by atoms with E-state index in [1.54, 1.807) is 66.3 Å². The van der Waals surface area contributed by atoms with E-state index in [0.717, 1.165) is 11.4 Å². The van der Waals surface area contributed by atoms with Gasteiger partial charge < -0.3 is 10.1 Å². The first-order valence-corrected chi connectivity index (χ1v) is 8.15. The van der Waals surface area contributed by atoms with Gasteiger partial charge in [-0.15, -0.1) is 5.10 Å². The minimum absolute atomic E-state index is 0.268. The van der Waals surface area contributed by atoms with Crippen molar-refractivity contribution in [2.75, 3.05) is 11.9 Å². The van der Waals surface area contributed by atoms with Crippen molar-refractivity contribution in [1.29, 1.82) is 0 Å². The van der Waals surface area contributed by atoms with Crippen LogP contribution in [-0.2, 0) is 4.74 Å². The summed E-state index contributed by atoms with van der Waals surface area (Å²) in [5.74, 6) is -0.788. The summed E-state index contributed by atoms with van der Waals surface area (Å²) in [6.07, 6.45) is 1.66. The predicted octanol–water partition coefficient (Wildman–Crippen LogP) is 3.00. The van der Waals surface area contributed by atoms with Crippen molar-refractivity contribution in [2.24, 2.45) is 0 Å². The van der Waals surface area contributed by atoms with Gasteiger partial charge in [0.1, 0.15) is 0 Å². The number of rotatable bonds is 5. The van der Waals surface area contributed by atoms with E-state index in [1.807, 2.05) is 6.92 Å². The number of hydrogen-bond acceptors (Lipinski definition) is 5. The summed E-state index contributed by atoms with van der Waals surface area (Å²) in [5.41, 5.74) is 2.89. The van der Waals surface area contributed by atoms with Crippen molar-refractivity contribution in [3.63, 3.8) is 0 Å². The van der Waals surface area contributed by atoms with E-state index in [-0.39, 0.29) is 12.5 Å². The summed E-state index contributed by atoms with van der Waals surface area (Å²) in [6.45, 7) is 3.90. The van der Waals surface area contributed by atoms with E-state index in [9.17, 15) is 9.59 Å². The molecule has 3 rings (SSSR count). The molecule has 7 nitrogen and oxygen atoms in total. The molecule has 0 atom stereocenters. The second-order valence-corrected chi connectivity index (χ2v) is 5.55. The van der Waals surface area contributed by atoms with Crippen molar-refractivity contribution in [3.8, 4) is 5.69 Å². The Morgan fingerprint density at radius 3 is 2.50 bits per heavy atom. The van der Waals surface area contributed by atoms with Crippen molar-refractivity contribution >= 4 is 17.6 Å². The highest BCUT2D eigenvalue weighted by atomic mass is 16.5. The molecule has 0 saturated carbocycles. The Morgan fingerprint density at radius 1 is 1.12 bits per heavy atom. The second-order valence-electron chi connectivity index (χ2n) is 5.55. The molecule has 0 aliphatic carbocycles. The molecule has 1 N–H and O–H groups in total. The molecule has 0 fully saturated rings. The Labute approximate surface area is 150 Å². The fraction of sp³-hybridized carbons (Fsp3) is 0.158. The SMILES string of the molecule is CCOC(=O)c1ccccc1NC(=O)c1ccc(-n2nncc2C)cc1. The van der Waals surface area contributed by atoms with Crippen LogP contribution in [0.3, 0.4) is 0 Å². The van der Waals surface area contributed by atoms with Gasteiger partial charge in [-0.3, -0.25) is 4.79 Å². The topological polar surface area (TPSA) is 86.1 Å². The molecule has 3 aromatic rings. The lowest BCUT2D eigenvalue weighted by Crippen LogP contribution is -2.16. The first-order valence-electron chi connectivity index (χ1n) is 8.15. The maximum atomic E-state index is 12.5. The quantitative estimate of drug-likeness (QED) is 0.715. The van der Waals surface area contributed by atoms with Gasteiger partial charge in [0.25, 0.3) is 5.91 Å². The average molecular weight is 350 g/mol. The predicted molar refractivity (Wildman–Crippen MR) is 96.4 cm³/mol. The van der Waals surface area contributed by atoms with Gasteiger partial charge in [0.15, 0.2) is 0 Å². The molecule has 132 valence electrons. The highest BCUT2D eigenvalue weighted by molar-refractivity contribution is 6.08. The number of hydrogen-bond donors (Lipinski definition) is 1. The number of para-hydroxylation sites is 1. The van der Waals surface area contributed by atoms with Crippen LogP contribution in [0.25, 0.3) is 5.69 Å². The van der Waals surface area contributed by atoms with E-state index in [4.69, 9.17) is 4.74 Å². The third kappa shape index (κ3) is 3.61. The van der Waals surface area contributed by atoms with Crippen LogP contribution in [-0.4, -0.2) is 33.5 Å². The maximum absolute atomic E-state index is 12.5. The van der Waals surface area contributed by atoms with Crippen LogP contribution in [0.4, 0.5) is 5.69 Å². The standard InChI is InChI=1S/C19H18N4O3/c1-3-26-19(25)16-6-4-5-7-17(16)21-18(24)14-8-10-15(11-9-14)23-13(2)12-20-22-23/h4-12H,3H2,1-2H3,(H,21,24). The zero-order valence-electron chi connectivity index (χ0n) is 14.5. The molecule has 1 heterocycles. The Bertz CT molecular complexity index is 932. The number of anilines is 1. The number of aromatic nitrogens is 3. The van der Waals surface area contributed by atoms with Crippen molar-refractivity contribution in [3.05, 3.63) is 71.5 Å². The maximum Gasteiger partial charge on any atom is 0.340 e. The highest BCUT2D eigenvalue weighted by Gasteiger charge is 2.15. The molecule has 0 aliphatic heterocycles. The molecule has 1 amide bonds. The number of nitrogens with one attached hydrogen (secondary N) is 1. The summed E-state index contributed by atoms with van der Waals surface area (Å²) in [6, 6.07) is 13.7. The lowest BCUT2D eigenvalue weighted by Gasteiger charge is -2.11. The number of nitrogens with zero attached hydrogens (tertiary/aromatic N) is 3. The molecule has 0 bridgehead atoms. The Morgan fingerprint density at radius 2 is 1.85 bits per heavy atom. The molecule has 0 aliphatic rings. The highest BCUT2D eigenvalue weighted by Crippen LogP contribution is 2.18. The van der Waals surface area contributed by atoms with Crippen LogP contribution >= 0.6 is 0 Å². The Kier molecular flexibility index (Phi) is 5.07. The molecule has 0 saturated heterocycles. The molecular weight excluding hydrogens is 332 g/mol. The third-order valence-electron chi connectivity index (χ3n) is 3.76. The van der Waals surface area contributed by atoms with E-state index >= 15 is 0 Å².